The standard InChI is InChI=1S/C12H15N5O7S/c1-15-10-7(3-13-15)9-4-16(12(19)17(9)24-25(20,21)22)11(10)8-2-6(5-18)23-14-8/h3,6,9,11,18H,2,4-5H2,1H3,(H,20,21,22)/t6?,9-,11+/m0/s1. The molecule has 0 aromatic carbocycles. The van der Waals surface area contributed by atoms with Crippen molar-refractivity contribution in [2.45, 2.75) is 24.6 Å². The molecule has 1 aromatic heterocycles. The van der Waals surface area contributed by atoms with E-state index in [1.165, 1.54) is 11.1 Å². The van der Waals surface area contributed by atoms with Crippen LogP contribution in [0.2, 0.25) is 0 Å². The molecule has 1 saturated heterocycles. The first-order chi connectivity index (χ1) is 11.8. The molecule has 1 fully saturated rings. The minimum absolute atomic E-state index is 0.139. The lowest BCUT2D eigenvalue weighted by Crippen LogP contribution is -2.39. The Morgan fingerprint density at radius 3 is 2.88 bits per heavy atom. The summed E-state index contributed by atoms with van der Waals surface area (Å²) in [6.45, 7) is -0.0763. The van der Waals surface area contributed by atoms with Crippen molar-refractivity contribution < 1.29 is 32.0 Å². The fourth-order valence-corrected chi connectivity index (χ4v) is 3.85. The van der Waals surface area contributed by atoms with Crippen molar-refractivity contribution in [3.63, 3.8) is 0 Å². The minimum atomic E-state index is -4.86. The molecule has 4 rings (SSSR count). The van der Waals surface area contributed by atoms with Crippen LogP contribution in [0.25, 0.3) is 0 Å². The third kappa shape index (κ3) is 2.47. The van der Waals surface area contributed by atoms with Gasteiger partial charge in [0, 0.05) is 19.0 Å². The summed E-state index contributed by atoms with van der Waals surface area (Å²) in [4.78, 5) is 19.2. The number of hydroxylamine groups is 2. The van der Waals surface area contributed by atoms with Gasteiger partial charge in [0.2, 0.25) is 0 Å². The van der Waals surface area contributed by atoms with E-state index in [9.17, 15) is 18.3 Å². The van der Waals surface area contributed by atoms with Gasteiger partial charge in [-0.25, -0.2) is 4.79 Å². The van der Waals surface area contributed by atoms with Gasteiger partial charge in [-0.05, 0) is 0 Å². The summed E-state index contributed by atoms with van der Waals surface area (Å²) in [5.41, 5.74) is 1.75. The Kier molecular flexibility index (Phi) is 3.50. The predicted molar refractivity (Wildman–Crippen MR) is 79.3 cm³/mol. The fourth-order valence-electron chi connectivity index (χ4n) is 3.47. The highest BCUT2D eigenvalue weighted by molar-refractivity contribution is 7.80. The molecule has 13 heteroatoms. The van der Waals surface area contributed by atoms with E-state index in [-0.39, 0.29) is 13.2 Å². The van der Waals surface area contributed by atoms with Crippen LogP contribution in [0.3, 0.4) is 0 Å². The van der Waals surface area contributed by atoms with Gasteiger partial charge in [-0.2, -0.15) is 18.6 Å². The highest BCUT2D eigenvalue weighted by Gasteiger charge is 2.53. The van der Waals surface area contributed by atoms with E-state index in [4.69, 9.17) is 9.39 Å². The number of urea groups is 1. The second-order valence-corrected chi connectivity index (χ2v) is 6.99. The normalized spacial score (nSPS) is 28.2. The first-order valence-electron chi connectivity index (χ1n) is 7.42. The summed E-state index contributed by atoms with van der Waals surface area (Å²) in [5.74, 6) is 0. The number of carbonyl (C=O) groups is 1. The molecule has 0 aliphatic carbocycles. The zero-order valence-corrected chi connectivity index (χ0v) is 13.8. The van der Waals surface area contributed by atoms with Crippen LogP contribution in [0.15, 0.2) is 11.4 Å². The molecule has 1 unspecified atom stereocenters. The van der Waals surface area contributed by atoms with Gasteiger partial charge in [0.05, 0.1) is 30.8 Å². The van der Waals surface area contributed by atoms with Crippen molar-refractivity contribution in [3.05, 3.63) is 17.5 Å². The number of fused-ring (bicyclic) bond motifs is 4. The number of hydrogen-bond donors (Lipinski definition) is 2. The number of carbonyl (C=O) groups excluding carboxylic acids is 1. The lowest BCUT2D eigenvalue weighted by Gasteiger charge is -2.30. The number of nitrogens with zero attached hydrogens (tertiary/aromatic N) is 5. The van der Waals surface area contributed by atoms with Gasteiger partial charge >= 0.3 is 16.4 Å². The van der Waals surface area contributed by atoms with E-state index in [0.29, 0.717) is 28.5 Å². The van der Waals surface area contributed by atoms with Gasteiger partial charge in [0.1, 0.15) is 12.1 Å². The van der Waals surface area contributed by atoms with Gasteiger partial charge in [-0.1, -0.05) is 5.16 Å². The Labute approximate surface area is 142 Å². The van der Waals surface area contributed by atoms with Crippen LogP contribution in [0.1, 0.15) is 29.8 Å². The molecule has 3 aliphatic rings. The van der Waals surface area contributed by atoms with E-state index in [1.54, 1.807) is 11.7 Å². The van der Waals surface area contributed by atoms with Crippen LogP contribution in [0.4, 0.5) is 4.79 Å². The molecule has 4 heterocycles. The van der Waals surface area contributed by atoms with E-state index in [0.717, 1.165) is 0 Å². The van der Waals surface area contributed by atoms with Crippen LogP contribution in [0.5, 0.6) is 0 Å². The Bertz CT molecular complexity index is 865. The molecule has 2 N–H and O–H groups in total. The average Bonchev–Trinajstić information content (AvgIpc) is 3.22. The molecule has 2 bridgehead atoms. The Morgan fingerprint density at radius 1 is 1.48 bits per heavy atom. The average molecular weight is 373 g/mol. The van der Waals surface area contributed by atoms with Gasteiger partial charge in [0.25, 0.3) is 0 Å². The first kappa shape index (κ1) is 16.3. The number of rotatable bonds is 4. The van der Waals surface area contributed by atoms with Crippen molar-refractivity contribution in [2.24, 2.45) is 12.2 Å². The summed E-state index contributed by atoms with van der Waals surface area (Å²) < 4.78 is 37.2. The van der Waals surface area contributed by atoms with Crippen molar-refractivity contribution >= 4 is 22.1 Å². The van der Waals surface area contributed by atoms with E-state index in [1.807, 2.05) is 0 Å². The van der Waals surface area contributed by atoms with E-state index in [2.05, 4.69) is 14.5 Å². The van der Waals surface area contributed by atoms with Crippen molar-refractivity contribution in [3.8, 4) is 0 Å². The van der Waals surface area contributed by atoms with E-state index >= 15 is 0 Å². The molecule has 12 nitrogen and oxygen atoms in total. The monoisotopic (exact) mass is 373 g/mol. The SMILES string of the molecule is Cn1ncc2c1[C@@H](C1=NOC(CO)C1)N1C[C@@H]2N(OS(=O)(=O)O)C1=O. The van der Waals surface area contributed by atoms with Crippen molar-refractivity contribution in [1.82, 2.24) is 19.7 Å². The third-order valence-corrected chi connectivity index (χ3v) is 4.83. The fraction of sp³-hybridized carbons (Fsp3) is 0.583. The third-order valence-electron chi connectivity index (χ3n) is 4.48. The van der Waals surface area contributed by atoms with Crippen molar-refractivity contribution in [2.75, 3.05) is 13.2 Å². The summed E-state index contributed by atoms with van der Waals surface area (Å²) >= 11 is 0. The number of aromatic nitrogens is 2. The quantitative estimate of drug-likeness (QED) is 0.647. The van der Waals surface area contributed by atoms with Gasteiger partial charge < -0.3 is 14.8 Å². The number of oxime groups is 1. The van der Waals surface area contributed by atoms with Crippen LogP contribution < -0.4 is 0 Å². The molecule has 0 spiro atoms. The first-order valence-corrected chi connectivity index (χ1v) is 8.78. The van der Waals surface area contributed by atoms with Gasteiger partial charge in [0.15, 0.2) is 6.10 Å². The molecule has 2 amide bonds. The largest absolute Gasteiger partial charge is 0.418 e. The lowest BCUT2D eigenvalue weighted by atomic mass is 9.93. The predicted octanol–water partition coefficient (Wildman–Crippen LogP) is -0.875. The van der Waals surface area contributed by atoms with Crippen LogP contribution in [-0.2, 0) is 26.6 Å². The molecule has 0 radical (unpaired) electrons. The minimum Gasteiger partial charge on any atom is -0.392 e. The zero-order chi connectivity index (χ0) is 17.9. The zero-order valence-electron chi connectivity index (χ0n) is 13.0. The van der Waals surface area contributed by atoms with E-state index < -0.39 is 34.6 Å². The molecular formula is C12H15N5O7S. The maximum absolute atomic E-state index is 12.6. The second kappa shape index (κ2) is 5.39. The number of hydrogen-bond acceptors (Lipinski definition) is 8. The second-order valence-electron chi connectivity index (χ2n) is 5.99. The molecule has 3 aliphatic heterocycles. The molecule has 3 atom stereocenters. The van der Waals surface area contributed by atoms with Gasteiger partial charge in [-0.15, -0.1) is 4.28 Å². The maximum Gasteiger partial charge on any atom is 0.418 e. The lowest BCUT2D eigenvalue weighted by molar-refractivity contribution is -0.0316. The molecule has 136 valence electrons. The number of aryl methyl sites for hydroxylation is 1. The Morgan fingerprint density at radius 2 is 2.24 bits per heavy atom. The Hall–Kier alpha value is -2.22. The van der Waals surface area contributed by atoms with Crippen molar-refractivity contribution in [1.29, 1.82) is 0 Å². The maximum atomic E-state index is 12.6. The highest BCUT2D eigenvalue weighted by atomic mass is 32.3. The topological polar surface area (TPSA) is 147 Å². The molecule has 1 aromatic rings. The number of aliphatic hydroxyl groups is 1. The van der Waals surface area contributed by atoms with Crippen LogP contribution in [0, 0.1) is 0 Å². The molecule has 25 heavy (non-hydrogen) atoms. The van der Waals surface area contributed by atoms with Crippen LogP contribution >= 0.6 is 0 Å². The highest BCUT2D eigenvalue weighted by Crippen LogP contribution is 2.45. The van der Waals surface area contributed by atoms with Crippen LogP contribution in [-0.4, -0.2) is 68.8 Å². The smallest absolute Gasteiger partial charge is 0.392 e. The molecule has 0 saturated carbocycles. The summed E-state index contributed by atoms with van der Waals surface area (Å²) in [7, 11) is -3.17. The number of amides is 2. The van der Waals surface area contributed by atoms with Gasteiger partial charge in [-0.3, -0.25) is 9.23 Å². The summed E-state index contributed by atoms with van der Waals surface area (Å²) in [6, 6.07) is -2.08. The summed E-state index contributed by atoms with van der Waals surface area (Å²) in [6.07, 6.45) is 1.34. The number of aliphatic hydroxyl groups excluding tert-OH is 1. The summed E-state index contributed by atoms with van der Waals surface area (Å²) in [5, 5.41) is 18.0. The molecular weight excluding hydrogens is 358 g/mol. The Balaban J connectivity index is 1.76.